The minimum absolute atomic E-state index is 0.0762. The van der Waals surface area contributed by atoms with Crippen LogP contribution in [0.2, 0.25) is 0 Å². The SMILES string of the molecule is CN(C)c1cc(NC2CCC(NC(=O)c3ccc(C#N)cc3)CC2)nc2ccccc12. The molecule has 158 valence electrons. The van der Waals surface area contributed by atoms with Gasteiger partial charge in [-0.15, -0.1) is 0 Å². The summed E-state index contributed by atoms with van der Waals surface area (Å²) >= 11 is 0. The van der Waals surface area contributed by atoms with Crippen LogP contribution in [0.25, 0.3) is 10.9 Å². The molecule has 0 atom stereocenters. The summed E-state index contributed by atoms with van der Waals surface area (Å²) in [6, 6.07) is 19.6. The number of aromatic nitrogens is 1. The molecule has 1 heterocycles. The van der Waals surface area contributed by atoms with E-state index in [0.29, 0.717) is 17.2 Å². The van der Waals surface area contributed by atoms with Gasteiger partial charge in [0.25, 0.3) is 5.91 Å². The number of amides is 1. The van der Waals surface area contributed by atoms with Crippen molar-refractivity contribution in [1.82, 2.24) is 10.3 Å². The average Bonchev–Trinajstić information content (AvgIpc) is 2.79. The van der Waals surface area contributed by atoms with E-state index in [2.05, 4.69) is 33.7 Å². The normalized spacial score (nSPS) is 18.2. The Morgan fingerprint density at radius 2 is 1.71 bits per heavy atom. The lowest BCUT2D eigenvalue weighted by Gasteiger charge is -2.30. The molecule has 2 aromatic carbocycles. The van der Waals surface area contributed by atoms with Crippen LogP contribution in [0.4, 0.5) is 11.5 Å². The van der Waals surface area contributed by atoms with Gasteiger partial charge in [-0.1, -0.05) is 18.2 Å². The smallest absolute Gasteiger partial charge is 0.251 e. The highest BCUT2D eigenvalue weighted by Crippen LogP contribution is 2.29. The lowest BCUT2D eigenvalue weighted by Crippen LogP contribution is -2.40. The van der Waals surface area contributed by atoms with Crippen LogP contribution in [0.1, 0.15) is 41.6 Å². The van der Waals surface area contributed by atoms with E-state index in [1.807, 2.05) is 32.3 Å². The largest absolute Gasteiger partial charge is 0.377 e. The fourth-order valence-corrected chi connectivity index (χ4v) is 4.16. The maximum Gasteiger partial charge on any atom is 0.251 e. The molecule has 0 unspecified atom stereocenters. The van der Waals surface area contributed by atoms with Crippen molar-refractivity contribution in [3.8, 4) is 6.07 Å². The summed E-state index contributed by atoms with van der Waals surface area (Å²) in [5.41, 5.74) is 3.29. The molecule has 0 saturated heterocycles. The van der Waals surface area contributed by atoms with Crippen molar-refractivity contribution in [2.45, 2.75) is 37.8 Å². The van der Waals surface area contributed by atoms with Crippen LogP contribution < -0.4 is 15.5 Å². The first-order chi connectivity index (χ1) is 15.0. The summed E-state index contributed by atoms with van der Waals surface area (Å²) in [7, 11) is 4.10. The van der Waals surface area contributed by atoms with Gasteiger partial charge in [0, 0.05) is 48.9 Å². The van der Waals surface area contributed by atoms with Crippen LogP contribution in [0, 0.1) is 11.3 Å². The van der Waals surface area contributed by atoms with Crippen LogP contribution in [0.3, 0.4) is 0 Å². The average molecular weight is 414 g/mol. The van der Waals surface area contributed by atoms with E-state index in [-0.39, 0.29) is 11.9 Å². The van der Waals surface area contributed by atoms with Crippen molar-refractivity contribution >= 4 is 28.3 Å². The maximum atomic E-state index is 12.5. The Hall–Kier alpha value is -3.59. The molecule has 2 N–H and O–H groups in total. The number of pyridine rings is 1. The molecule has 1 aliphatic carbocycles. The summed E-state index contributed by atoms with van der Waals surface area (Å²) in [6.07, 6.45) is 3.80. The summed E-state index contributed by atoms with van der Waals surface area (Å²) in [6.45, 7) is 0. The highest BCUT2D eigenvalue weighted by atomic mass is 16.1. The van der Waals surface area contributed by atoms with Crippen molar-refractivity contribution in [3.05, 3.63) is 65.7 Å². The summed E-state index contributed by atoms with van der Waals surface area (Å²) in [5.74, 6) is 0.820. The van der Waals surface area contributed by atoms with Gasteiger partial charge in [-0.2, -0.15) is 5.26 Å². The molecule has 0 radical (unpaired) electrons. The predicted octanol–water partition coefficient (Wildman–Crippen LogP) is 4.33. The predicted molar refractivity (Wildman–Crippen MR) is 124 cm³/mol. The first-order valence-corrected chi connectivity index (χ1v) is 10.7. The second-order valence-electron chi connectivity index (χ2n) is 8.29. The molecule has 0 bridgehead atoms. The topological polar surface area (TPSA) is 81.0 Å². The van der Waals surface area contributed by atoms with Crippen LogP contribution in [0.5, 0.6) is 0 Å². The zero-order chi connectivity index (χ0) is 21.8. The quantitative estimate of drug-likeness (QED) is 0.651. The highest BCUT2D eigenvalue weighted by Gasteiger charge is 2.23. The zero-order valence-electron chi connectivity index (χ0n) is 17.9. The third-order valence-electron chi connectivity index (χ3n) is 5.87. The molecule has 6 nitrogen and oxygen atoms in total. The van der Waals surface area contributed by atoms with Crippen molar-refractivity contribution in [1.29, 1.82) is 5.26 Å². The van der Waals surface area contributed by atoms with E-state index in [1.165, 1.54) is 0 Å². The summed E-state index contributed by atoms with van der Waals surface area (Å²) in [5, 5.41) is 16.8. The van der Waals surface area contributed by atoms with E-state index < -0.39 is 0 Å². The molecule has 0 aliphatic heterocycles. The van der Waals surface area contributed by atoms with Crippen molar-refractivity contribution in [2.24, 2.45) is 0 Å². The molecule has 6 heteroatoms. The molecule has 0 spiro atoms. The Labute approximate surface area is 182 Å². The van der Waals surface area contributed by atoms with Crippen LogP contribution >= 0.6 is 0 Å². The third-order valence-corrected chi connectivity index (χ3v) is 5.87. The Balaban J connectivity index is 1.36. The van der Waals surface area contributed by atoms with Crippen LogP contribution in [-0.2, 0) is 0 Å². The molecule has 3 aromatic rings. The number of para-hydroxylation sites is 1. The standard InChI is InChI=1S/C25H27N5O/c1-30(2)23-15-24(29-22-6-4-3-5-21(22)23)27-19-11-13-20(14-12-19)28-25(31)18-9-7-17(16-26)8-10-18/h3-10,15,19-20H,11-14H2,1-2H3,(H,27,29)(H,28,31). The van der Waals surface area contributed by atoms with Gasteiger partial charge >= 0.3 is 0 Å². The fraction of sp³-hybridized carbons (Fsp3) is 0.320. The van der Waals surface area contributed by atoms with E-state index >= 15 is 0 Å². The second kappa shape index (κ2) is 9.05. The minimum atomic E-state index is -0.0762. The van der Waals surface area contributed by atoms with Gasteiger partial charge in [-0.25, -0.2) is 4.98 Å². The van der Waals surface area contributed by atoms with E-state index in [1.54, 1.807) is 24.3 Å². The molecule has 1 saturated carbocycles. The Morgan fingerprint density at radius 1 is 1.03 bits per heavy atom. The number of carbonyl (C=O) groups excluding carboxylic acids is 1. The Morgan fingerprint density at radius 3 is 2.39 bits per heavy atom. The number of fused-ring (bicyclic) bond motifs is 1. The molecule has 1 aliphatic rings. The van der Waals surface area contributed by atoms with Gasteiger partial charge in [0.05, 0.1) is 17.1 Å². The number of carbonyl (C=O) groups is 1. The number of nitrogens with one attached hydrogen (secondary N) is 2. The number of nitriles is 1. The molecule has 31 heavy (non-hydrogen) atoms. The highest BCUT2D eigenvalue weighted by molar-refractivity contribution is 5.94. The molecular formula is C25H27N5O. The van der Waals surface area contributed by atoms with E-state index in [9.17, 15) is 4.79 Å². The molecular weight excluding hydrogens is 386 g/mol. The van der Waals surface area contributed by atoms with Crippen molar-refractivity contribution < 1.29 is 4.79 Å². The molecule has 4 rings (SSSR count). The summed E-state index contributed by atoms with van der Waals surface area (Å²) in [4.78, 5) is 19.4. The van der Waals surface area contributed by atoms with E-state index in [4.69, 9.17) is 10.2 Å². The van der Waals surface area contributed by atoms with Crippen LogP contribution in [0.15, 0.2) is 54.6 Å². The zero-order valence-corrected chi connectivity index (χ0v) is 17.9. The second-order valence-corrected chi connectivity index (χ2v) is 8.29. The van der Waals surface area contributed by atoms with Gasteiger partial charge in [0.15, 0.2) is 0 Å². The number of anilines is 2. The summed E-state index contributed by atoms with van der Waals surface area (Å²) < 4.78 is 0. The number of benzene rings is 2. The third kappa shape index (κ3) is 4.77. The number of hydrogen-bond acceptors (Lipinski definition) is 5. The fourth-order valence-electron chi connectivity index (χ4n) is 4.16. The lowest BCUT2D eigenvalue weighted by atomic mass is 9.91. The first kappa shape index (κ1) is 20.7. The van der Waals surface area contributed by atoms with Gasteiger partial charge in [0.2, 0.25) is 0 Å². The molecule has 1 amide bonds. The Bertz CT molecular complexity index is 1110. The van der Waals surface area contributed by atoms with Crippen molar-refractivity contribution in [2.75, 3.05) is 24.3 Å². The molecule has 1 fully saturated rings. The number of nitrogens with zero attached hydrogens (tertiary/aromatic N) is 3. The molecule has 1 aromatic heterocycles. The monoisotopic (exact) mass is 413 g/mol. The van der Waals surface area contributed by atoms with Gasteiger partial charge in [-0.05, 0) is 56.0 Å². The maximum absolute atomic E-state index is 12.5. The lowest BCUT2D eigenvalue weighted by molar-refractivity contribution is 0.0926. The van der Waals surface area contributed by atoms with Gasteiger partial charge in [0.1, 0.15) is 5.82 Å². The minimum Gasteiger partial charge on any atom is -0.377 e. The first-order valence-electron chi connectivity index (χ1n) is 10.7. The number of rotatable bonds is 5. The van der Waals surface area contributed by atoms with Gasteiger partial charge in [-0.3, -0.25) is 4.79 Å². The number of hydrogen-bond donors (Lipinski definition) is 2. The Kier molecular flexibility index (Phi) is 6.03. The van der Waals surface area contributed by atoms with Crippen molar-refractivity contribution in [3.63, 3.8) is 0 Å². The van der Waals surface area contributed by atoms with Gasteiger partial charge < -0.3 is 15.5 Å². The van der Waals surface area contributed by atoms with Crippen LogP contribution in [-0.4, -0.2) is 37.1 Å². The van der Waals surface area contributed by atoms with E-state index in [0.717, 1.165) is 48.1 Å².